The van der Waals surface area contributed by atoms with E-state index in [1.807, 2.05) is 25.1 Å². The van der Waals surface area contributed by atoms with Gasteiger partial charge < -0.3 is 5.32 Å². The van der Waals surface area contributed by atoms with Crippen molar-refractivity contribution < 1.29 is 13.2 Å². The third kappa shape index (κ3) is 2.58. The van der Waals surface area contributed by atoms with Crippen LogP contribution in [0.4, 0.5) is 5.69 Å². The molecule has 2 aromatic carbocycles. The summed E-state index contributed by atoms with van der Waals surface area (Å²) in [7, 11) is -3.57. The zero-order valence-electron chi connectivity index (χ0n) is 15.9. The third-order valence-electron chi connectivity index (χ3n) is 6.61. The van der Waals surface area contributed by atoms with E-state index >= 15 is 0 Å². The molecule has 2 aromatic rings. The van der Waals surface area contributed by atoms with Crippen LogP contribution in [0.1, 0.15) is 43.0 Å². The van der Waals surface area contributed by atoms with Crippen molar-refractivity contribution in [1.82, 2.24) is 5.32 Å². The first-order chi connectivity index (χ1) is 13.5. The van der Waals surface area contributed by atoms with E-state index in [4.69, 9.17) is 0 Å². The number of carbonyl (C=O) groups is 1. The smallest absolute Gasteiger partial charge is 0.264 e. The molecule has 5 rings (SSSR count). The zero-order chi connectivity index (χ0) is 19.5. The number of rotatable bonds is 3. The van der Waals surface area contributed by atoms with E-state index in [9.17, 15) is 13.2 Å². The van der Waals surface area contributed by atoms with Gasteiger partial charge in [0.1, 0.15) is 0 Å². The number of nitrogens with zero attached hydrogens (tertiary/aromatic N) is 1. The molecule has 1 heterocycles. The summed E-state index contributed by atoms with van der Waals surface area (Å²) in [5.74, 6) is 1.33. The molecule has 1 amide bonds. The highest BCUT2D eigenvalue weighted by atomic mass is 32.2. The Morgan fingerprint density at radius 3 is 2.64 bits per heavy atom. The zero-order valence-corrected chi connectivity index (χ0v) is 16.7. The van der Waals surface area contributed by atoms with Gasteiger partial charge in [-0.05, 0) is 62.3 Å². The van der Waals surface area contributed by atoms with Crippen molar-refractivity contribution in [3.05, 3.63) is 48.0 Å². The molecular weight excluding hydrogens is 372 g/mol. The number of anilines is 1. The number of sulfonamides is 1. The molecule has 3 atom stereocenters. The molecule has 146 valence electrons. The van der Waals surface area contributed by atoms with Gasteiger partial charge in [0, 0.05) is 29.3 Å². The monoisotopic (exact) mass is 396 g/mol. The van der Waals surface area contributed by atoms with Crippen molar-refractivity contribution in [2.75, 3.05) is 10.8 Å². The lowest BCUT2D eigenvalue weighted by atomic mass is 9.94. The molecule has 2 aliphatic carbocycles. The second-order valence-corrected chi connectivity index (χ2v) is 9.98. The maximum atomic E-state index is 13.0. The Labute approximate surface area is 165 Å². The van der Waals surface area contributed by atoms with E-state index in [1.165, 1.54) is 23.6 Å². The van der Waals surface area contributed by atoms with Crippen LogP contribution in [0.2, 0.25) is 0 Å². The molecule has 0 unspecified atom stereocenters. The Hall–Kier alpha value is -2.34. The Bertz CT molecular complexity index is 1060. The number of nitrogens with one attached hydrogen (secondary N) is 1. The summed E-state index contributed by atoms with van der Waals surface area (Å²) >= 11 is 0. The van der Waals surface area contributed by atoms with Crippen molar-refractivity contribution in [2.24, 2.45) is 11.8 Å². The molecule has 0 radical (unpaired) electrons. The maximum Gasteiger partial charge on any atom is 0.264 e. The molecule has 0 saturated heterocycles. The fourth-order valence-corrected chi connectivity index (χ4v) is 6.99. The van der Waals surface area contributed by atoms with Crippen LogP contribution in [-0.4, -0.2) is 26.9 Å². The molecule has 3 aliphatic rings. The van der Waals surface area contributed by atoms with E-state index in [0.717, 1.165) is 17.9 Å². The van der Waals surface area contributed by atoms with Crippen molar-refractivity contribution in [1.29, 1.82) is 0 Å². The Balaban J connectivity index is 1.52. The minimum atomic E-state index is -3.57. The fraction of sp³-hybridized carbons (Fsp3) is 0.409. The first kappa shape index (κ1) is 17.7. The van der Waals surface area contributed by atoms with Gasteiger partial charge in [0.15, 0.2) is 0 Å². The minimum Gasteiger partial charge on any atom is -0.349 e. The summed E-state index contributed by atoms with van der Waals surface area (Å²) in [4.78, 5) is 13.2. The first-order valence-electron chi connectivity index (χ1n) is 10.1. The summed E-state index contributed by atoms with van der Waals surface area (Å²) in [6, 6.07) is 12.7. The molecule has 1 aliphatic heterocycles. The average Bonchev–Trinajstić information content (AvgIpc) is 3.31. The number of hydrogen-bond donors (Lipinski definition) is 1. The number of fused-ring (bicyclic) bond motifs is 5. The summed E-state index contributed by atoms with van der Waals surface area (Å²) in [6.07, 6.45) is 4.85. The highest BCUT2D eigenvalue weighted by molar-refractivity contribution is 7.93. The number of benzene rings is 2. The van der Waals surface area contributed by atoms with Gasteiger partial charge in [0.25, 0.3) is 15.9 Å². The molecule has 28 heavy (non-hydrogen) atoms. The lowest BCUT2D eigenvalue weighted by Crippen LogP contribution is -2.38. The van der Waals surface area contributed by atoms with Gasteiger partial charge in [-0.1, -0.05) is 24.6 Å². The molecule has 2 saturated carbocycles. The number of amides is 1. The van der Waals surface area contributed by atoms with Crippen LogP contribution in [0.5, 0.6) is 0 Å². The van der Waals surface area contributed by atoms with Gasteiger partial charge in [-0.25, -0.2) is 8.42 Å². The van der Waals surface area contributed by atoms with Crippen LogP contribution in [0, 0.1) is 11.8 Å². The summed E-state index contributed by atoms with van der Waals surface area (Å²) in [5.41, 5.74) is 2.69. The topological polar surface area (TPSA) is 66.5 Å². The van der Waals surface area contributed by atoms with Crippen LogP contribution in [0.3, 0.4) is 0 Å². The van der Waals surface area contributed by atoms with E-state index in [0.29, 0.717) is 34.2 Å². The summed E-state index contributed by atoms with van der Waals surface area (Å²) in [6.45, 7) is 2.17. The highest BCUT2D eigenvalue weighted by Crippen LogP contribution is 2.45. The normalized spacial score (nSPS) is 26.6. The van der Waals surface area contributed by atoms with Crippen molar-refractivity contribution >= 4 is 21.6 Å². The third-order valence-corrected chi connectivity index (χ3v) is 8.56. The fourth-order valence-electron chi connectivity index (χ4n) is 5.29. The maximum absolute atomic E-state index is 13.0. The molecule has 2 fully saturated rings. The Morgan fingerprint density at radius 1 is 1.11 bits per heavy atom. The largest absolute Gasteiger partial charge is 0.349 e. The SMILES string of the molecule is CCN1c2ccc(C(=O)N[C@@H]3C[C@H]4CC[C@H]3C4)cc2-c2ccccc2S1(=O)=O. The summed E-state index contributed by atoms with van der Waals surface area (Å²) in [5, 5.41) is 3.23. The standard InChI is InChI=1S/C22H24N2O3S/c1-2-24-20-10-9-16(22(25)23-19-12-14-7-8-15(19)11-14)13-18(20)17-5-3-4-6-21(17)28(24,26)27/h3-6,9-10,13-15,19H,2,7-8,11-12H2,1H3,(H,23,25)/t14-,15-,19+/m0/s1. The van der Waals surface area contributed by atoms with Crippen molar-refractivity contribution in [3.8, 4) is 11.1 Å². The van der Waals surface area contributed by atoms with Crippen LogP contribution in [0.15, 0.2) is 47.4 Å². The number of hydrogen-bond acceptors (Lipinski definition) is 3. The van der Waals surface area contributed by atoms with Crippen molar-refractivity contribution in [3.63, 3.8) is 0 Å². The highest BCUT2D eigenvalue weighted by Gasteiger charge is 2.40. The van der Waals surface area contributed by atoms with Gasteiger partial charge in [0.05, 0.1) is 10.6 Å². The van der Waals surface area contributed by atoms with E-state index in [-0.39, 0.29) is 11.9 Å². The molecular formula is C22H24N2O3S. The second-order valence-electron chi connectivity index (χ2n) is 8.15. The number of carbonyl (C=O) groups excluding carboxylic acids is 1. The lowest BCUT2D eigenvalue weighted by molar-refractivity contribution is 0.0923. The molecule has 6 heteroatoms. The Morgan fingerprint density at radius 2 is 1.93 bits per heavy atom. The van der Waals surface area contributed by atoms with E-state index in [2.05, 4.69) is 5.32 Å². The minimum absolute atomic E-state index is 0.0608. The quantitative estimate of drug-likeness (QED) is 0.858. The summed E-state index contributed by atoms with van der Waals surface area (Å²) < 4.78 is 27.4. The van der Waals surface area contributed by atoms with Gasteiger partial charge in [-0.15, -0.1) is 0 Å². The van der Waals surface area contributed by atoms with Gasteiger partial charge >= 0.3 is 0 Å². The van der Waals surface area contributed by atoms with Crippen LogP contribution < -0.4 is 9.62 Å². The molecule has 5 nitrogen and oxygen atoms in total. The van der Waals surface area contributed by atoms with Gasteiger partial charge in [0.2, 0.25) is 0 Å². The lowest BCUT2D eigenvalue weighted by Gasteiger charge is -2.31. The van der Waals surface area contributed by atoms with Gasteiger partial charge in [-0.2, -0.15) is 0 Å². The first-order valence-corrected chi connectivity index (χ1v) is 11.5. The van der Waals surface area contributed by atoms with E-state index in [1.54, 1.807) is 24.3 Å². The van der Waals surface area contributed by atoms with E-state index < -0.39 is 10.0 Å². The van der Waals surface area contributed by atoms with Gasteiger partial charge in [-0.3, -0.25) is 9.10 Å². The Kier molecular flexibility index (Phi) is 4.02. The van der Waals surface area contributed by atoms with Crippen molar-refractivity contribution in [2.45, 2.75) is 43.5 Å². The predicted octanol–water partition coefficient (Wildman–Crippen LogP) is 3.80. The molecule has 0 spiro atoms. The van der Waals surface area contributed by atoms with Crippen LogP contribution in [0.25, 0.3) is 11.1 Å². The second kappa shape index (κ2) is 6.34. The van der Waals surface area contributed by atoms with Crippen LogP contribution in [-0.2, 0) is 10.0 Å². The average molecular weight is 397 g/mol. The molecule has 2 bridgehead atoms. The molecule has 1 N–H and O–H groups in total. The molecule has 0 aromatic heterocycles. The van der Waals surface area contributed by atoms with Crippen LogP contribution >= 0.6 is 0 Å². The predicted molar refractivity (Wildman–Crippen MR) is 109 cm³/mol.